The number of rotatable bonds is 5. The lowest BCUT2D eigenvalue weighted by Crippen LogP contribution is -2.32. The largest absolute Gasteiger partial charge is 0.352 e. The average Bonchev–Trinajstić information content (AvgIpc) is 2.91. The highest BCUT2D eigenvalue weighted by molar-refractivity contribution is 8.15. The molecule has 5 nitrogen and oxygen atoms in total. The zero-order valence-corrected chi connectivity index (χ0v) is 15.6. The van der Waals surface area contributed by atoms with Crippen LogP contribution in [0.5, 0.6) is 0 Å². The number of amides is 2. The Hall–Kier alpha value is -2.60. The quantitative estimate of drug-likeness (QED) is 0.882. The van der Waals surface area contributed by atoms with Crippen LogP contribution < -0.4 is 5.32 Å². The molecule has 1 saturated heterocycles. The van der Waals surface area contributed by atoms with Crippen LogP contribution in [0.4, 0.5) is 5.69 Å². The maximum Gasteiger partial charge on any atom is 0.242 e. The van der Waals surface area contributed by atoms with Crippen LogP contribution >= 0.6 is 11.8 Å². The molecular formula is C20H21N3O2S. The summed E-state index contributed by atoms with van der Waals surface area (Å²) >= 11 is 1.34. The summed E-state index contributed by atoms with van der Waals surface area (Å²) in [6.07, 6.45) is 0.146. The SMILES string of the molecule is Cc1ccc(N=C2S[C@H](CC(=O)NCc3ccccc3)C(=O)N2C)cc1. The third-order valence-electron chi connectivity index (χ3n) is 4.10. The van der Waals surface area contributed by atoms with Gasteiger partial charge in [-0.2, -0.15) is 0 Å². The fourth-order valence-electron chi connectivity index (χ4n) is 2.56. The van der Waals surface area contributed by atoms with E-state index in [2.05, 4.69) is 10.3 Å². The highest BCUT2D eigenvalue weighted by atomic mass is 32.2. The summed E-state index contributed by atoms with van der Waals surface area (Å²) < 4.78 is 0. The minimum absolute atomic E-state index is 0.0873. The van der Waals surface area contributed by atoms with Crippen molar-refractivity contribution in [2.24, 2.45) is 4.99 Å². The third kappa shape index (κ3) is 4.52. The highest BCUT2D eigenvalue weighted by Crippen LogP contribution is 2.30. The second kappa shape index (κ2) is 8.19. The first kappa shape index (κ1) is 18.2. The number of amidine groups is 1. The van der Waals surface area contributed by atoms with Crippen molar-refractivity contribution in [3.8, 4) is 0 Å². The van der Waals surface area contributed by atoms with Gasteiger partial charge < -0.3 is 5.32 Å². The number of benzene rings is 2. The predicted molar refractivity (Wildman–Crippen MR) is 105 cm³/mol. The fraction of sp³-hybridized carbons (Fsp3) is 0.250. The van der Waals surface area contributed by atoms with Crippen LogP contribution in [0.1, 0.15) is 17.5 Å². The van der Waals surface area contributed by atoms with E-state index in [0.29, 0.717) is 11.7 Å². The Morgan fingerprint density at radius 2 is 1.85 bits per heavy atom. The van der Waals surface area contributed by atoms with E-state index in [1.165, 1.54) is 16.7 Å². The van der Waals surface area contributed by atoms with Gasteiger partial charge in [0.05, 0.1) is 5.69 Å². The van der Waals surface area contributed by atoms with Gasteiger partial charge in [0.1, 0.15) is 5.25 Å². The van der Waals surface area contributed by atoms with Gasteiger partial charge in [-0.25, -0.2) is 4.99 Å². The lowest BCUT2D eigenvalue weighted by Gasteiger charge is -2.09. The number of nitrogens with zero attached hydrogens (tertiary/aromatic N) is 2. The number of aliphatic imine (C=N–C) groups is 1. The number of hydrogen-bond acceptors (Lipinski definition) is 4. The van der Waals surface area contributed by atoms with Crippen molar-refractivity contribution in [2.75, 3.05) is 7.05 Å². The Bertz CT molecular complexity index is 819. The molecular weight excluding hydrogens is 346 g/mol. The number of thioether (sulfide) groups is 1. The van der Waals surface area contributed by atoms with Crippen LogP contribution in [-0.4, -0.2) is 34.2 Å². The summed E-state index contributed by atoms with van der Waals surface area (Å²) in [5.41, 5.74) is 2.99. The first-order valence-corrected chi connectivity index (χ1v) is 9.31. The Morgan fingerprint density at radius 3 is 2.54 bits per heavy atom. The Balaban J connectivity index is 1.59. The van der Waals surface area contributed by atoms with Gasteiger partial charge in [-0.05, 0) is 24.6 Å². The van der Waals surface area contributed by atoms with Crippen molar-refractivity contribution in [2.45, 2.75) is 25.1 Å². The van der Waals surface area contributed by atoms with Crippen LogP contribution in [0.15, 0.2) is 59.6 Å². The van der Waals surface area contributed by atoms with E-state index in [4.69, 9.17) is 0 Å². The summed E-state index contributed by atoms with van der Waals surface area (Å²) in [6.45, 7) is 2.48. The molecule has 2 aromatic carbocycles. The molecule has 26 heavy (non-hydrogen) atoms. The molecule has 0 aliphatic carbocycles. The zero-order chi connectivity index (χ0) is 18.5. The van der Waals surface area contributed by atoms with E-state index in [1.807, 2.05) is 61.5 Å². The molecule has 0 radical (unpaired) electrons. The van der Waals surface area contributed by atoms with Crippen molar-refractivity contribution in [1.82, 2.24) is 10.2 Å². The second-order valence-electron chi connectivity index (χ2n) is 6.20. The topological polar surface area (TPSA) is 61.8 Å². The Labute approximate surface area is 157 Å². The monoisotopic (exact) mass is 367 g/mol. The Kier molecular flexibility index (Phi) is 5.73. The summed E-state index contributed by atoms with van der Waals surface area (Å²) in [6, 6.07) is 17.5. The summed E-state index contributed by atoms with van der Waals surface area (Å²) in [4.78, 5) is 30.7. The van der Waals surface area contributed by atoms with Crippen molar-refractivity contribution in [3.63, 3.8) is 0 Å². The molecule has 2 amide bonds. The number of nitrogens with one attached hydrogen (secondary N) is 1. The van der Waals surface area contributed by atoms with Crippen LogP contribution in [0.25, 0.3) is 0 Å². The van der Waals surface area contributed by atoms with E-state index in [1.54, 1.807) is 7.05 Å². The van der Waals surface area contributed by atoms with Crippen LogP contribution in [0.3, 0.4) is 0 Å². The number of hydrogen-bond donors (Lipinski definition) is 1. The predicted octanol–water partition coefficient (Wildman–Crippen LogP) is 3.26. The standard InChI is InChI=1S/C20H21N3O2S/c1-14-8-10-16(11-9-14)22-20-23(2)19(25)17(26-20)12-18(24)21-13-15-6-4-3-5-7-15/h3-11,17H,12-13H2,1-2H3,(H,21,24)/t17-/m1/s1. The maximum atomic E-state index is 12.4. The molecule has 1 atom stereocenters. The first-order valence-electron chi connectivity index (χ1n) is 8.43. The van der Waals surface area contributed by atoms with Gasteiger partial charge >= 0.3 is 0 Å². The maximum absolute atomic E-state index is 12.4. The van der Waals surface area contributed by atoms with Crippen LogP contribution in [-0.2, 0) is 16.1 Å². The molecule has 1 aliphatic heterocycles. The summed E-state index contributed by atoms with van der Waals surface area (Å²) in [5.74, 6) is -0.222. The van der Waals surface area contributed by atoms with E-state index >= 15 is 0 Å². The molecule has 0 saturated carbocycles. The number of carbonyl (C=O) groups is 2. The van der Waals surface area contributed by atoms with Crippen LogP contribution in [0.2, 0.25) is 0 Å². The number of aryl methyl sites for hydroxylation is 1. The van der Waals surface area contributed by atoms with Crippen molar-refractivity contribution in [1.29, 1.82) is 0 Å². The molecule has 1 N–H and O–H groups in total. The lowest BCUT2D eigenvalue weighted by atomic mass is 10.2. The molecule has 6 heteroatoms. The molecule has 3 rings (SSSR count). The summed E-state index contributed by atoms with van der Waals surface area (Å²) in [7, 11) is 1.70. The van der Waals surface area contributed by atoms with Crippen molar-refractivity contribution in [3.05, 3.63) is 65.7 Å². The molecule has 0 bridgehead atoms. The average molecular weight is 367 g/mol. The summed E-state index contributed by atoms with van der Waals surface area (Å²) in [5, 5.41) is 3.06. The van der Waals surface area contributed by atoms with Gasteiger partial charge in [0.15, 0.2) is 5.17 Å². The molecule has 0 spiro atoms. The van der Waals surface area contributed by atoms with E-state index in [0.717, 1.165) is 16.8 Å². The molecule has 1 aliphatic rings. The second-order valence-corrected chi connectivity index (χ2v) is 7.37. The molecule has 0 aromatic heterocycles. The van der Waals surface area contributed by atoms with E-state index in [9.17, 15) is 9.59 Å². The van der Waals surface area contributed by atoms with Gasteiger partial charge in [0.25, 0.3) is 0 Å². The fourth-order valence-corrected chi connectivity index (χ4v) is 3.72. The molecule has 134 valence electrons. The van der Waals surface area contributed by atoms with Gasteiger partial charge in [0.2, 0.25) is 11.8 Å². The van der Waals surface area contributed by atoms with Gasteiger partial charge in [-0.1, -0.05) is 59.8 Å². The Morgan fingerprint density at radius 1 is 1.15 bits per heavy atom. The lowest BCUT2D eigenvalue weighted by molar-refractivity contribution is -0.128. The molecule has 1 fully saturated rings. The van der Waals surface area contributed by atoms with Gasteiger partial charge in [-0.15, -0.1) is 0 Å². The van der Waals surface area contributed by atoms with Crippen molar-refractivity contribution >= 4 is 34.4 Å². The molecule has 0 unspecified atom stereocenters. The zero-order valence-electron chi connectivity index (χ0n) is 14.8. The van der Waals surface area contributed by atoms with Crippen molar-refractivity contribution < 1.29 is 9.59 Å². The van der Waals surface area contributed by atoms with Gasteiger partial charge in [-0.3, -0.25) is 14.5 Å². The third-order valence-corrected chi connectivity index (χ3v) is 5.33. The smallest absolute Gasteiger partial charge is 0.242 e. The first-order chi connectivity index (χ1) is 12.5. The van der Waals surface area contributed by atoms with Crippen LogP contribution in [0, 0.1) is 6.92 Å². The van der Waals surface area contributed by atoms with E-state index in [-0.39, 0.29) is 18.2 Å². The minimum atomic E-state index is -0.431. The number of carbonyl (C=O) groups excluding carboxylic acids is 2. The molecule has 2 aromatic rings. The highest BCUT2D eigenvalue weighted by Gasteiger charge is 2.36. The van der Waals surface area contributed by atoms with Gasteiger partial charge in [0, 0.05) is 20.0 Å². The van der Waals surface area contributed by atoms with E-state index < -0.39 is 5.25 Å². The minimum Gasteiger partial charge on any atom is -0.352 e. The molecule has 1 heterocycles. The normalized spacial score (nSPS) is 18.4.